The van der Waals surface area contributed by atoms with E-state index in [0.717, 1.165) is 17.3 Å². The first-order valence-electron chi connectivity index (χ1n) is 14.1. The maximum absolute atomic E-state index is 14.1. The molecule has 0 bridgehead atoms. The Labute approximate surface area is 259 Å². The van der Waals surface area contributed by atoms with Crippen molar-refractivity contribution in [3.05, 3.63) is 89.4 Å². The molecule has 0 radical (unpaired) electrons. The van der Waals surface area contributed by atoms with E-state index in [0.29, 0.717) is 18.8 Å². The van der Waals surface area contributed by atoms with Gasteiger partial charge in [-0.2, -0.15) is 14.1 Å². The molecule has 0 aliphatic carbocycles. The SMILES string of the molecule is CCN1CCN(S(=O)(=O)c2cc(NC(=O)c3ccccc3OC)ccc2Oc2c(C)c(C(=O)O)nn2-c2cccc(F)c2)CC1. The standard InChI is InChI=1S/C31H32FN5O7S/c1-4-35-14-16-36(17-15-35)45(41,42)27-19-22(33-29(38)24-10-5-6-11-25(24)43-3)12-13-26(27)44-30-20(2)28(31(39)40)34-37(30)23-9-7-8-21(32)18-23/h5-13,18-19H,4,14-17H2,1-3H3,(H,33,38)(H,39,40). The summed E-state index contributed by atoms with van der Waals surface area (Å²) in [6.45, 7) is 5.77. The van der Waals surface area contributed by atoms with Gasteiger partial charge in [-0.1, -0.05) is 25.1 Å². The molecule has 1 fully saturated rings. The molecule has 0 atom stereocenters. The molecule has 3 aromatic carbocycles. The number of piperazine rings is 1. The van der Waals surface area contributed by atoms with Gasteiger partial charge in [0.15, 0.2) is 5.69 Å². The number of anilines is 1. The maximum Gasteiger partial charge on any atom is 0.356 e. The van der Waals surface area contributed by atoms with Crippen LogP contribution in [0, 0.1) is 12.7 Å². The van der Waals surface area contributed by atoms with Crippen LogP contribution in [-0.2, 0) is 10.0 Å². The molecule has 12 nitrogen and oxygen atoms in total. The number of carboxylic acids is 1. The molecule has 45 heavy (non-hydrogen) atoms. The summed E-state index contributed by atoms with van der Waals surface area (Å²) in [5, 5.41) is 16.6. The minimum absolute atomic E-state index is 0.0974. The highest BCUT2D eigenvalue weighted by atomic mass is 32.2. The molecule has 1 aromatic heterocycles. The molecule has 2 N–H and O–H groups in total. The minimum Gasteiger partial charge on any atom is -0.496 e. The monoisotopic (exact) mass is 637 g/mol. The minimum atomic E-state index is -4.19. The number of para-hydroxylation sites is 1. The van der Waals surface area contributed by atoms with Crippen molar-refractivity contribution in [3.8, 4) is 23.1 Å². The van der Waals surface area contributed by atoms with Gasteiger partial charge in [-0.25, -0.2) is 17.6 Å². The van der Waals surface area contributed by atoms with Crippen molar-refractivity contribution in [2.45, 2.75) is 18.7 Å². The molecule has 2 heterocycles. The van der Waals surface area contributed by atoms with E-state index in [1.807, 2.05) is 6.92 Å². The number of carbonyl (C=O) groups is 2. The van der Waals surface area contributed by atoms with Gasteiger partial charge in [-0.3, -0.25) is 4.79 Å². The fourth-order valence-corrected chi connectivity index (χ4v) is 6.58. The van der Waals surface area contributed by atoms with Crippen LogP contribution < -0.4 is 14.8 Å². The number of likely N-dealkylation sites (N-methyl/N-ethyl adjacent to an activating group) is 1. The molecule has 1 saturated heterocycles. The summed E-state index contributed by atoms with van der Waals surface area (Å²) in [6.07, 6.45) is 0. The number of rotatable bonds is 10. The van der Waals surface area contributed by atoms with E-state index in [-0.39, 0.29) is 57.8 Å². The molecular weight excluding hydrogens is 605 g/mol. The highest BCUT2D eigenvalue weighted by molar-refractivity contribution is 7.89. The van der Waals surface area contributed by atoms with Gasteiger partial charge in [0.25, 0.3) is 5.91 Å². The molecular formula is C31H32FN5O7S. The van der Waals surface area contributed by atoms with Crippen LogP contribution in [0.3, 0.4) is 0 Å². The number of nitrogens with zero attached hydrogens (tertiary/aromatic N) is 4. The van der Waals surface area contributed by atoms with E-state index in [1.54, 1.807) is 24.3 Å². The van der Waals surface area contributed by atoms with Crippen molar-refractivity contribution in [1.29, 1.82) is 0 Å². The van der Waals surface area contributed by atoms with Gasteiger partial charge in [-0.15, -0.1) is 0 Å². The Kier molecular flexibility index (Phi) is 9.18. The lowest BCUT2D eigenvalue weighted by Gasteiger charge is -2.33. The van der Waals surface area contributed by atoms with Gasteiger partial charge >= 0.3 is 5.97 Å². The number of methoxy groups -OCH3 is 1. The first-order chi connectivity index (χ1) is 21.5. The second-order valence-electron chi connectivity index (χ2n) is 10.2. The lowest BCUT2D eigenvalue weighted by atomic mass is 10.2. The number of carbonyl (C=O) groups excluding carboxylic acids is 1. The third-order valence-corrected chi connectivity index (χ3v) is 9.40. The fraction of sp³-hybridized carbons (Fsp3) is 0.258. The average molecular weight is 638 g/mol. The lowest BCUT2D eigenvalue weighted by molar-refractivity contribution is 0.0689. The number of benzene rings is 3. The first kappa shape index (κ1) is 31.6. The second-order valence-corrected chi connectivity index (χ2v) is 12.1. The van der Waals surface area contributed by atoms with Gasteiger partial charge < -0.3 is 24.8 Å². The number of hydrogen-bond donors (Lipinski definition) is 2. The summed E-state index contributed by atoms with van der Waals surface area (Å²) >= 11 is 0. The summed E-state index contributed by atoms with van der Waals surface area (Å²) in [5.41, 5.74) is 0.332. The van der Waals surface area contributed by atoms with Crippen LogP contribution in [0.2, 0.25) is 0 Å². The Morgan fingerprint density at radius 2 is 1.73 bits per heavy atom. The predicted octanol–water partition coefficient (Wildman–Crippen LogP) is 4.40. The molecule has 0 spiro atoms. The largest absolute Gasteiger partial charge is 0.496 e. The zero-order chi connectivity index (χ0) is 32.3. The van der Waals surface area contributed by atoms with Crippen molar-refractivity contribution in [1.82, 2.24) is 19.0 Å². The summed E-state index contributed by atoms with van der Waals surface area (Å²) < 4.78 is 56.3. The topological polar surface area (TPSA) is 143 Å². The Bertz CT molecular complexity index is 1850. The van der Waals surface area contributed by atoms with E-state index >= 15 is 0 Å². The highest BCUT2D eigenvalue weighted by Crippen LogP contribution is 2.37. The number of nitrogens with one attached hydrogen (secondary N) is 1. The van der Waals surface area contributed by atoms with Crippen molar-refractivity contribution >= 4 is 27.6 Å². The summed E-state index contributed by atoms with van der Waals surface area (Å²) in [7, 11) is -2.75. The zero-order valence-corrected chi connectivity index (χ0v) is 25.7. The van der Waals surface area contributed by atoms with Crippen molar-refractivity contribution in [2.24, 2.45) is 0 Å². The van der Waals surface area contributed by atoms with Crippen LogP contribution in [-0.4, -0.2) is 84.2 Å². The van der Waals surface area contributed by atoms with Gasteiger partial charge in [0.05, 0.1) is 18.4 Å². The number of aromatic carboxylic acids is 1. The lowest BCUT2D eigenvalue weighted by Crippen LogP contribution is -2.48. The third kappa shape index (κ3) is 6.53. The number of ether oxygens (including phenoxy) is 2. The van der Waals surface area contributed by atoms with E-state index < -0.39 is 27.7 Å². The molecule has 5 rings (SSSR count). The quantitative estimate of drug-likeness (QED) is 0.259. The molecule has 0 unspecified atom stereocenters. The summed E-state index contributed by atoms with van der Waals surface area (Å²) in [4.78, 5) is 27.0. The number of halogens is 1. The number of amides is 1. The zero-order valence-electron chi connectivity index (χ0n) is 24.9. The van der Waals surface area contributed by atoms with Crippen LogP contribution in [0.15, 0.2) is 71.6 Å². The molecule has 1 aliphatic heterocycles. The van der Waals surface area contributed by atoms with Crippen LogP contribution in [0.1, 0.15) is 33.3 Å². The molecule has 14 heteroatoms. The van der Waals surface area contributed by atoms with E-state index in [4.69, 9.17) is 9.47 Å². The van der Waals surface area contributed by atoms with Crippen molar-refractivity contribution in [2.75, 3.05) is 45.2 Å². The number of aromatic nitrogens is 2. The Morgan fingerprint density at radius 3 is 2.40 bits per heavy atom. The van der Waals surface area contributed by atoms with E-state index in [9.17, 15) is 27.5 Å². The number of hydrogen-bond acceptors (Lipinski definition) is 8. The van der Waals surface area contributed by atoms with Crippen LogP contribution in [0.4, 0.5) is 10.1 Å². The maximum atomic E-state index is 14.1. The number of carboxylic acid groups (broad SMARTS) is 1. The Hall–Kier alpha value is -4.79. The third-order valence-electron chi connectivity index (χ3n) is 7.48. The first-order valence-corrected chi connectivity index (χ1v) is 15.5. The number of sulfonamides is 1. The Morgan fingerprint density at radius 1 is 1.00 bits per heavy atom. The summed E-state index contributed by atoms with van der Waals surface area (Å²) in [6, 6.07) is 16.0. The van der Waals surface area contributed by atoms with Crippen LogP contribution >= 0.6 is 0 Å². The van der Waals surface area contributed by atoms with E-state index in [2.05, 4.69) is 15.3 Å². The normalized spacial score (nSPS) is 14.2. The van der Waals surface area contributed by atoms with Gasteiger partial charge in [-0.05, 0) is 62.0 Å². The molecule has 1 aliphatic rings. The Balaban J connectivity index is 1.59. The summed E-state index contributed by atoms with van der Waals surface area (Å²) in [5.74, 6) is -2.37. The van der Waals surface area contributed by atoms with Crippen molar-refractivity contribution in [3.63, 3.8) is 0 Å². The van der Waals surface area contributed by atoms with Gasteiger partial charge in [0, 0.05) is 37.4 Å². The fourth-order valence-electron chi connectivity index (χ4n) is 5.02. The van der Waals surface area contributed by atoms with E-state index in [1.165, 1.54) is 54.7 Å². The van der Waals surface area contributed by atoms with Crippen LogP contribution in [0.25, 0.3) is 5.69 Å². The average Bonchev–Trinajstić information content (AvgIpc) is 3.37. The molecule has 0 saturated carbocycles. The van der Waals surface area contributed by atoms with Gasteiger partial charge in [0.2, 0.25) is 15.9 Å². The van der Waals surface area contributed by atoms with Crippen LogP contribution in [0.5, 0.6) is 17.4 Å². The highest BCUT2D eigenvalue weighted by Gasteiger charge is 2.33. The second kappa shape index (κ2) is 13.1. The molecule has 4 aromatic rings. The molecule has 236 valence electrons. The predicted molar refractivity (Wildman–Crippen MR) is 164 cm³/mol. The van der Waals surface area contributed by atoms with Gasteiger partial charge in [0.1, 0.15) is 22.2 Å². The smallest absolute Gasteiger partial charge is 0.356 e. The van der Waals surface area contributed by atoms with Crippen molar-refractivity contribution < 1.29 is 37.0 Å². The molecule has 1 amide bonds.